The van der Waals surface area contributed by atoms with E-state index in [0.717, 1.165) is 21.0 Å². The van der Waals surface area contributed by atoms with Crippen molar-refractivity contribution in [3.63, 3.8) is 0 Å². The van der Waals surface area contributed by atoms with Crippen LogP contribution in [0.25, 0.3) is 11.0 Å². The number of rotatable bonds is 2. The van der Waals surface area contributed by atoms with E-state index < -0.39 is 5.97 Å². The summed E-state index contributed by atoms with van der Waals surface area (Å²) in [5.74, 6) is -0.855. The number of halogens is 1. The molecule has 0 amide bonds. The summed E-state index contributed by atoms with van der Waals surface area (Å²) in [4.78, 5) is 10.6. The number of benzene rings is 1. The Kier molecular flexibility index (Phi) is 2.52. The van der Waals surface area contributed by atoms with Gasteiger partial charge in [0.05, 0.1) is 12.7 Å². The maximum absolute atomic E-state index is 10.6. The second-order valence-corrected chi connectivity index (χ2v) is 4.25. The van der Waals surface area contributed by atoms with Gasteiger partial charge in [0.1, 0.15) is 5.58 Å². The van der Waals surface area contributed by atoms with Gasteiger partial charge in [0.15, 0.2) is 0 Å². The van der Waals surface area contributed by atoms with Gasteiger partial charge < -0.3 is 9.52 Å². The lowest BCUT2D eigenvalue weighted by molar-refractivity contribution is -0.136. The summed E-state index contributed by atoms with van der Waals surface area (Å²) < 4.78 is 6.24. The number of aliphatic carboxylic acids is 1. The van der Waals surface area contributed by atoms with Gasteiger partial charge in [0, 0.05) is 15.4 Å². The second-order valence-electron chi connectivity index (χ2n) is 3.40. The molecule has 1 aromatic heterocycles. The number of carbonyl (C=O) groups is 1. The molecular formula is C11H9BrO3. The highest BCUT2D eigenvalue weighted by molar-refractivity contribution is 9.10. The zero-order chi connectivity index (χ0) is 11.0. The highest BCUT2D eigenvalue weighted by atomic mass is 79.9. The molecule has 3 nitrogen and oxygen atoms in total. The molecule has 0 aliphatic rings. The lowest BCUT2D eigenvalue weighted by Crippen LogP contribution is -1.99. The third kappa shape index (κ3) is 1.77. The van der Waals surface area contributed by atoms with Gasteiger partial charge in [-0.2, -0.15) is 0 Å². The number of hydrogen-bond acceptors (Lipinski definition) is 2. The summed E-state index contributed by atoms with van der Waals surface area (Å²) in [5, 5.41) is 9.61. The Bertz CT molecular complexity index is 528. The lowest BCUT2D eigenvalue weighted by Gasteiger charge is -1.98. The Morgan fingerprint density at radius 1 is 1.53 bits per heavy atom. The van der Waals surface area contributed by atoms with Crippen LogP contribution in [0, 0.1) is 6.92 Å². The second kappa shape index (κ2) is 3.70. The molecule has 1 aromatic carbocycles. The molecule has 0 aliphatic carbocycles. The first-order valence-electron chi connectivity index (χ1n) is 4.46. The van der Waals surface area contributed by atoms with Crippen LogP contribution in [-0.4, -0.2) is 11.1 Å². The van der Waals surface area contributed by atoms with E-state index >= 15 is 0 Å². The largest absolute Gasteiger partial charge is 0.481 e. The third-order valence-electron chi connectivity index (χ3n) is 2.29. The fraction of sp³-hybridized carbons (Fsp3) is 0.182. The molecule has 2 aromatic rings. The van der Waals surface area contributed by atoms with Crippen LogP contribution < -0.4 is 0 Å². The van der Waals surface area contributed by atoms with Crippen LogP contribution in [0.2, 0.25) is 0 Å². The van der Waals surface area contributed by atoms with E-state index in [1.165, 1.54) is 6.26 Å². The number of carboxylic acid groups (broad SMARTS) is 1. The normalized spacial score (nSPS) is 10.8. The summed E-state index contributed by atoms with van der Waals surface area (Å²) in [7, 11) is 0. The van der Waals surface area contributed by atoms with Gasteiger partial charge in [-0.3, -0.25) is 4.79 Å². The van der Waals surface area contributed by atoms with Gasteiger partial charge in [-0.25, -0.2) is 0 Å². The van der Waals surface area contributed by atoms with Crippen LogP contribution in [0.15, 0.2) is 27.3 Å². The van der Waals surface area contributed by atoms with E-state index in [-0.39, 0.29) is 6.42 Å². The Morgan fingerprint density at radius 3 is 2.93 bits per heavy atom. The molecule has 4 heteroatoms. The summed E-state index contributed by atoms with van der Waals surface area (Å²) in [6, 6.07) is 3.83. The number of fused-ring (bicyclic) bond motifs is 1. The maximum atomic E-state index is 10.6. The highest BCUT2D eigenvalue weighted by Gasteiger charge is 2.13. The van der Waals surface area contributed by atoms with Gasteiger partial charge in [-0.1, -0.05) is 22.0 Å². The molecule has 0 spiro atoms. The molecule has 1 heterocycles. The summed E-state index contributed by atoms with van der Waals surface area (Å²) in [6.45, 7) is 1.93. The third-order valence-corrected chi connectivity index (χ3v) is 2.95. The fourth-order valence-corrected chi connectivity index (χ4v) is 2.16. The van der Waals surface area contributed by atoms with E-state index in [0.29, 0.717) is 5.56 Å². The lowest BCUT2D eigenvalue weighted by atomic mass is 10.1. The highest BCUT2D eigenvalue weighted by Crippen LogP contribution is 2.31. The zero-order valence-corrected chi connectivity index (χ0v) is 9.67. The molecule has 0 unspecified atom stereocenters. The average Bonchev–Trinajstić information content (AvgIpc) is 2.56. The molecule has 78 valence electrons. The van der Waals surface area contributed by atoms with Crippen LogP contribution in [0.4, 0.5) is 0 Å². The molecule has 2 rings (SSSR count). The van der Waals surface area contributed by atoms with Crippen molar-refractivity contribution in [1.82, 2.24) is 0 Å². The molecule has 0 saturated carbocycles. The quantitative estimate of drug-likeness (QED) is 0.911. The van der Waals surface area contributed by atoms with Crippen molar-refractivity contribution in [1.29, 1.82) is 0 Å². The molecule has 0 saturated heterocycles. The van der Waals surface area contributed by atoms with Crippen molar-refractivity contribution < 1.29 is 14.3 Å². The van der Waals surface area contributed by atoms with Crippen molar-refractivity contribution in [2.45, 2.75) is 13.3 Å². The fourth-order valence-electron chi connectivity index (χ4n) is 1.60. The van der Waals surface area contributed by atoms with E-state index in [1.54, 1.807) is 0 Å². The van der Waals surface area contributed by atoms with E-state index in [4.69, 9.17) is 9.52 Å². The Morgan fingerprint density at radius 2 is 2.27 bits per heavy atom. The predicted octanol–water partition coefficient (Wildman–Crippen LogP) is 3.13. The number of hydrogen-bond donors (Lipinski definition) is 1. The van der Waals surface area contributed by atoms with E-state index in [9.17, 15) is 4.79 Å². The van der Waals surface area contributed by atoms with Crippen LogP contribution in [-0.2, 0) is 11.2 Å². The van der Waals surface area contributed by atoms with Crippen LogP contribution in [0.1, 0.15) is 11.1 Å². The number of furan rings is 1. The molecule has 0 atom stereocenters. The van der Waals surface area contributed by atoms with Crippen molar-refractivity contribution in [3.05, 3.63) is 34.0 Å². The average molecular weight is 269 g/mol. The van der Waals surface area contributed by atoms with Gasteiger partial charge >= 0.3 is 5.97 Å². The maximum Gasteiger partial charge on any atom is 0.307 e. The number of carboxylic acids is 1. The van der Waals surface area contributed by atoms with Crippen molar-refractivity contribution in [2.75, 3.05) is 0 Å². The van der Waals surface area contributed by atoms with Crippen molar-refractivity contribution in [2.24, 2.45) is 0 Å². The molecule has 0 aliphatic heterocycles. The standard InChI is InChI=1S/C11H9BrO3/c1-6-2-3-8(12)10-7(4-9(13)14)5-15-11(6)10/h2-3,5H,4H2,1H3,(H,13,14). The van der Waals surface area contributed by atoms with Crippen LogP contribution in [0.3, 0.4) is 0 Å². The minimum atomic E-state index is -0.855. The molecule has 0 bridgehead atoms. The molecular weight excluding hydrogens is 260 g/mol. The Hall–Kier alpha value is -1.29. The zero-order valence-electron chi connectivity index (χ0n) is 8.08. The van der Waals surface area contributed by atoms with Crippen LogP contribution >= 0.6 is 15.9 Å². The van der Waals surface area contributed by atoms with E-state index in [1.807, 2.05) is 19.1 Å². The summed E-state index contributed by atoms with van der Waals surface area (Å²) >= 11 is 3.40. The minimum Gasteiger partial charge on any atom is -0.481 e. The first-order chi connectivity index (χ1) is 7.09. The summed E-state index contributed by atoms with van der Waals surface area (Å²) in [6.07, 6.45) is 1.49. The SMILES string of the molecule is Cc1ccc(Br)c2c(CC(=O)O)coc12. The van der Waals surface area contributed by atoms with Gasteiger partial charge in [0.25, 0.3) is 0 Å². The van der Waals surface area contributed by atoms with E-state index in [2.05, 4.69) is 15.9 Å². The predicted molar refractivity (Wildman–Crippen MR) is 60.0 cm³/mol. The van der Waals surface area contributed by atoms with Gasteiger partial charge in [-0.15, -0.1) is 0 Å². The van der Waals surface area contributed by atoms with Crippen molar-refractivity contribution >= 4 is 32.9 Å². The Labute approximate surface area is 94.8 Å². The monoisotopic (exact) mass is 268 g/mol. The number of aryl methyl sites for hydroxylation is 1. The molecule has 1 N–H and O–H groups in total. The van der Waals surface area contributed by atoms with Crippen LogP contribution in [0.5, 0.6) is 0 Å². The van der Waals surface area contributed by atoms with Gasteiger partial charge in [-0.05, 0) is 18.6 Å². The minimum absolute atomic E-state index is 0.0188. The van der Waals surface area contributed by atoms with Gasteiger partial charge in [0.2, 0.25) is 0 Å². The molecule has 0 fully saturated rings. The topological polar surface area (TPSA) is 50.4 Å². The Balaban J connectivity index is 2.67. The van der Waals surface area contributed by atoms with Crippen molar-refractivity contribution in [3.8, 4) is 0 Å². The smallest absolute Gasteiger partial charge is 0.307 e. The summed E-state index contributed by atoms with van der Waals surface area (Å²) in [5.41, 5.74) is 2.46. The molecule has 0 radical (unpaired) electrons. The molecule has 15 heavy (non-hydrogen) atoms. The first-order valence-corrected chi connectivity index (χ1v) is 5.26. The first kappa shape index (κ1) is 10.2.